The number of carboxylic acids is 1. The maximum Gasteiger partial charge on any atom is 0.305 e. The first-order valence-corrected chi connectivity index (χ1v) is 8.02. The molecule has 0 aliphatic carbocycles. The quantitative estimate of drug-likeness (QED) is 0.930. The summed E-state index contributed by atoms with van der Waals surface area (Å²) in [7, 11) is 0. The third-order valence-electron chi connectivity index (χ3n) is 4.64. The average Bonchev–Trinajstić information content (AvgIpc) is 2.94. The summed E-state index contributed by atoms with van der Waals surface area (Å²) >= 11 is 0. The van der Waals surface area contributed by atoms with Crippen LogP contribution in [0.3, 0.4) is 0 Å². The van der Waals surface area contributed by atoms with Crippen molar-refractivity contribution in [2.75, 3.05) is 19.8 Å². The van der Waals surface area contributed by atoms with Crippen molar-refractivity contribution in [3.05, 3.63) is 35.1 Å². The fourth-order valence-electron chi connectivity index (χ4n) is 3.14. The molecule has 1 aliphatic rings. The summed E-state index contributed by atoms with van der Waals surface area (Å²) < 4.78 is 11.0. The first kappa shape index (κ1) is 16.5. The van der Waals surface area contributed by atoms with Gasteiger partial charge in [-0.05, 0) is 25.0 Å². The van der Waals surface area contributed by atoms with Gasteiger partial charge in [0.15, 0.2) is 0 Å². The lowest BCUT2D eigenvalue weighted by Crippen LogP contribution is -2.50. The van der Waals surface area contributed by atoms with Crippen LogP contribution in [0.4, 0.5) is 0 Å². The van der Waals surface area contributed by atoms with E-state index in [0.717, 1.165) is 27.7 Å². The molecule has 1 aromatic carbocycles. The lowest BCUT2D eigenvalue weighted by atomic mass is 10.0. The second kappa shape index (κ2) is 6.65. The van der Waals surface area contributed by atoms with Crippen molar-refractivity contribution >= 4 is 22.8 Å². The van der Waals surface area contributed by atoms with Gasteiger partial charge in [0.1, 0.15) is 5.58 Å². The first-order valence-electron chi connectivity index (χ1n) is 8.02. The number of hydrogen-bond donors (Lipinski definition) is 1. The van der Waals surface area contributed by atoms with Gasteiger partial charge in [0.05, 0.1) is 38.4 Å². The molecule has 24 heavy (non-hydrogen) atoms. The fraction of sp³-hybridized carbons (Fsp3) is 0.444. The molecule has 0 radical (unpaired) electrons. The normalized spacial score (nSPS) is 18.1. The van der Waals surface area contributed by atoms with Crippen LogP contribution >= 0.6 is 0 Å². The third-order valence-corrected chi connectivity index (χ3v) is 4.64. The maximum atomic E-state index is 12.7. The molecule has 1 amide bonds. The summed E-state index contributed by atoms with van der Waals surface area (Å²) in [5.74, 6) is -1.02. The van der Waals surface area contributed by atoms with Gasteiger partial charge in [0, 0.05) is 17.5 Å². The van der Waals surface area contributed by atoms with Crippen molar-refractivity contribution in [3.63, 3.8) is 0 Å². The number of aryl methyl sites for hydroxylation is 2. The zero-order valence-electron chi connectivity index (χ0n) is 13.9. The molecule has 2 heterocycles. The molecule has 0 bridgehead atoms. The Hall–Kier alpha value is -2.34. The van der Waals surface area contributed by atoms with E-state index in [0.29, 0.717) is 13.2 Å². The Bertz CT molecular complexity index is 779. The number of morpholine rings is 1. The SMILES string of the molecule is Cc1ccc2c(CC(=O)N3CCOCC3CC(=O)O)coc2c1C. The molecule has 1 aromatic heterocycles. The number of amides is 1. The molecule has 1 aliphatic heterocycles. The molecule has 1 saturated heterocycles. The second-order valence-corrected chi connectivity index (χ2v) is 6.24. The van der Waals surface area contributed by atoms with Crippen molar-refractivity contribution in [2.45, 2.75) is 32.7 Å². The van der Waals surface area contributed by atoms with Gasteiger partial charge in [0.25, 0.3) is 0 Å². The van der Waals surface area contributed by atoms with Gasteiger partial charge in [-0.3, -0.25) is 9.59 Å². The molecule has 6 nitrogen and oxygen atoms in total. The third kappa shape index (κ3) is 3.14. The van der Waals surface area contributed by atoms with Crippen LogP contribution in [0.2, 0.25) is 0 Å². The molecule has 1 unspecified atom stereocenters. The van der Waals surface area contributed by atoms with Crippen LogP contribution in [-0.2, 0) is 20.7 Å². The Balaban J connectivity index is 1.81. The van der Waals surface area contributed by atoms with Crippen molar-refractivity contribution in [1.82, 2.24) is 4.90 Å². The van der Waals surface area contributed by atoms with E-state index in [1.165, 1.54) is 0 Å². The van der Waals surface area contributed by atoms with Crippen molar-refractivity contribution in [2.24, 2.45) is 0 Å². The fourth-order valence-corrected chi connectivity index (χ4v) is 3.14. The highest BCUT2D eigenvalue weighted by Gasteiger charge is 2.29. The molecular weight excluding hydrogens is 310 g/mol. The number of furan rings is 1. The molecule has 3 rings (SSSR count). The van der Waals surface area contributed by atoms with Crippen LogP contribution in [0.15, 0.2) is 22.8 Å². The van der Waals surface area contributed by atoms with E-state index in [2.05, 4.69) is 0 Å². The molecule has 0 saturated carbocycles. The smallest absolute Gasteiger partial charge is 0.305 e. The zero-order chi connectivity index (χ0) is 17.3. The summed E-state index contributed by atoms with van der Waals surface area (Å²) in [6.45, 7) is 5.14. The summed E-state index contributed by atoms with van der Waals surface area (Å²) in [6.07, 6.45) is 1.73. The minimum atomic E-state index is -0.928. The second-order valence-electron chi connectivity index (χ2n) is 6.24. The minimum absolute atomic E-state index is 0.0921. The van der Waals surface area contributed by atoms with Crippen molar-refractivity contribution in [1.29, 1.82) is 0 Å². The Labute approximate surface area is 140 Å². The predicted molar refractivity (Wildman–Crippen MR) is 88.0 cm³/mol. The van der Waals surface area contributed by atoms with Gasteiger partial charge >= 0.3 is 5.97 Å². The van der Waals surface area contributed by atoms with E-state index in [-0.39, 0.29) is 25.4 Å². The number of benzene rings is 1. The number of hydrogen-bond acceptors (Lipinski definition) is 4. The number of ether oxygens (including phenoxy) is 1. The highest BCUT2D eigenvalue weighted by Crippen LogP contribution is 2.27. The van der Waals surface area contributed by atoms with E-state index in [1.54, 1.807) is 11.2 Å². The maximum absolute atomic E-state index is 12.7. The van der Waals surface area contributed by atoms with Crippen molar-refractivity contribution < 1.29 is 23.8 Å². The molecule has 0 spiro atoms. The van der Waals surface area contributed by atoms with Gasteiger partial charge in [-0.2, -0.15) is 0 Å². The van der Waals surface area contributed by atoms with Crippen LogP contribution in [-0.4, -0.2) is 47.7 Å². The summed E-state index contributed by atoms with van der Waals surface area (Å²) in [5.41, 5.74) is 3.85. The van der Waals surface area contributed by atoms with Crippen LogP contribution in [0.5, 0.6) is 0 Å². The lowest BCUT2D eigenvalue weighted by Gasteiger charge is -2.34. The van der Waals surface area contributed by atoms with E-state index in [1.807, 2.05) is 26.0 Å². The van der Waals surface area contributed by atoms with Crippen LogP contribution < -0.4 is 0 Å². The summed E-state index contributed by atoms with van der Waals surface area (Å²) in [5, 5.41) is 9.95. The number of rotatable bonds is 4. The number of nitrogens with zero attached hydrogens (tertiary/aromatic N) is 1. The average molecular weight is 331 g/mol. The number of carbonyl (C=O) groups excluding carboxylic acids is 1. The Morgan fingerprint density at radius 2 is 2.12 bits per heavy atom. The highest BCUT2D eigenvalue weighted by molar-refractivity contribution is 5.90. The van der Waals surface area contributed by atoms with Crippen molar-refractivity contribution in [3.8, 4) is 0 Å². The number of carbonyl (C=O) groups is 2. The van der Waals surface area contributed by atoms with Crippen LogP contribution in [0.1, 0.15) is 23.1 Å². The molecule has 6 heteroatoms. The predicted octanol–water partition coefficient (Wildman–Crippen LogP) is 2.29. The van der Waals surface area contributed by atoms with Crippen LogP contribution in [0, 0.1) is 13.8 Å². The van der Waals surface area contributed by atoms with Gasteiger partial charge in [-0.1, -0.05) is 12.1 Å². The molecular formula is C18H21NO5. The zero-order valence-corrected chi connectivity index (χ0v) is 13.9. The van der Waals surface area contributed by atoms with Crippen LogP contribution in [0.25, 0.3) is 11.0 Å². The number of fused-ring (bicyclic) bond motifs is 1. The van der Waals surface area contributed by atoms with E-state index in [4.69, 9.17) is 14.3 Å². The van der Waals surface area contributed by atoms with E-state index >= 15 is 0 Å². The minimum Gasteiger partial charge on any atom is -0.481 e. The van der Waals surface area contributed by atoms with Gasteiger partial charge in [0.2, 0.25) is 5.91 Å². The van der Waals surface area contributed by atoms with E-state index < -0.39 is 12.0 Å². The molecule has 1 atom stereocenters. The van der Waals surface area contributed by atoms with Gasteiger partial charge in [-0.25, -0.2) is 0 Å². The lowest BCUT2D eigenvalue weighted by molar-refractivity contribution is -0.145. The summed E-state index contributed by atoms with van der Waals surface area (Å²) in [4.78, 5) is 25.3. The topological polar surface area (TPSA) is 80.0 Å². The highest BCUT2D eigenvalue weighted by atomic mass is 16.5. The Morgan fingerprint density at radius 3 is 2.88 bits per heavy atom. The standard InChI is InChI=1S/C18H21NO5/c1-11-3-4-15-13(9-24-18(15)12(11)2)7-16(20)19-5-6-23-10-14(19)8-17(21)22/h3-4,9,14H,5-8,10H2,1-2H3,(H,21,22). The van der Waals surface area contributed by atoms with E-state index in [9.17, 15) is 9.59 Å². The van der Waals surface area contributed by atoms with Gasteiger partial charge < -0.3 is 19.2 Å². The molecule has 2 aromatic rings. The molecule has 1 N–H and O–H groups in total. The Morgan fingerprint density at radius 1 is 1.33 bits per heavy atom. The largest absolute Gasteiger partial charge is 0.481 e. The molecule has 128 valence electrons. The number of carboxylic acid groups (broad SMARTS) is 1. The molecule has 1 fully saturated rings. The summed E-state index contributed by atoms with van der Waals surface area (Å²) in [6, 6.07) is 3.58. The van der Waals surface area contributed by atoms with Gasteiger partial charge in [-0.15, -0.1) is 0 Å². The number of aliphatic carboxylic acids is 1. The monoisotopic (exact) mass is 331 g/mol. The first-order chi connectivity index (χ1) is 11.5. The Kier molecular flexibility index (Phi) is 4.57.